The van der Waals surface area contributed by atoms with E-state index in [-0.39, 0.29) is 35.3 Å². The number of hydrogen-bond acceptors (Lipinski definition) is 16. The Morgan fingerprint density at radius 2 is 0.851 bits per heavy atom. The molecule has 0 aliphatic carbocycles. The predicted molar refractivity (Wildman–Crippen MR) is 235 cm³/mol. The van der Waals surface area contributed by atoms with Crippen molar-refractivity contribution in [3.05, 3.63) is 59.7 Å². The Morgan fingerprint density at radius 3 is 1.12 bits per heavy atom. The van der Waals surface area contributed by atoms with Crippen molar-refractivity contribution < 1.29 is 95.5 Å². The molecule has 0 bridgehead atoms. The quantitative estimate of drug-likeness (QED) is 0.0359. The van der Waals surface area contributed by atoms with Crippen molar-refractivity contribution in [1.29, 1.82) is 0 Å². The van der Waals surface area contributed by atoms with Crippen molar-refractivity contribution in [3.8, 4) is 0 Å². The second kappa shape index (κ2) is 24.7. The number of hydrogen-bond donors (Lipinski definition) is 8. The predicted octanol–water partition coefficient (Wildman–Crippen LogP) is 3.88. The van der Waals surface area contributed by atoms with Crippen LogP contribution in [-0.4, -0.2) is 109 Å². The summed E-state index contributed by atoms with van der Waals surface area (Å²) in [5.41, 5.74) is -1.86. The Kier molecular flexibility index (Phi) is 21.1. The molecular weight excluding hydrogens is 930 g/mol. The van der Waals surface area contributed by atoms with Crippen LogP contribution in [0, 0.1) is 0 Å². The third-order valence-electron chi connectivity index (χ3n) is 8.68. The number of carbonyl (C=O) groups is 8. The first-order valence-electron chi connectivity index (χ1n) is 20.4. The van der Waals surface area contributed by atoms with Crippen molar-refractivity contribution >= 4 is 74.4 Å². The third-order valence-corrected chi connectivity index (χ3v) is 13.0. The third kappa shape index (κ3) is 20.2. The van der Waals surface area contributed by atoms with Gasteiger partial charge in [-0.05, 0) is 76.9 Å². The van der Waals surface area contributed by atoms with Gasteiger partial charge in [-0.2, -0.15) is 0 Å². The maximum Gasteiger partial charge on any atom is 0.410 e. The number of rotatable bonds is 22. The van der Waals surface area contributed by atoms with Crippen LogP contribution >= 0.6 is 15.2 Å². The van der Waals surface area contributed by atoms with Gasteiger partial charge >= 0.3 is 51.3 Å². The van der Waals surface area contributed by atoms with Gasteiger partial charge in [0.25, 0.3) is 0 Å². The number of anilines is 2. The highest BCUT2D eigenvalue weighted by Crippen LogP contribution is 2.71. The van der Waals surface area contributed by atoms with E-state index in [1.165, 1.54) is 62.4 Å². The van der Waals surface area contributed by atoms with Crippen LogP contribution in [0.25, 0.3) is 0 Å². The maximum absolute atomic E-state index is 13.1. The molecule has 67 heavy (non-hydrogen) atoms. The monoisotopic (exact) mass is 988 g/mol. The lowest BCUT2D eigenvalue weighted by molar-refractivity contribution is -0.159. The van der Waals surface area contributed by atoms with Crippen LogP contribution in [0.2, 0.25) is 0 Å². The summed E-state index contributed by atoms with van der Waals surface area (Å²) in [6.07, 6.45) is -5.50. The van der Waals surface area contributed by atoms with E-state index in [0.29, 0.717) is 0 Å². The molecule has 0 unspecified atom stereocenters. The van der Waals surface area contributed by atoms with Crippen LogP contribution in [0.15, 0.2) is 48.5 Å². The first kappa shape index (κ1) is 57.2. The van der Waals surface area contributed by atoms with E-state index in [9.17, 15) is 67.1 Å². The second-order valence-electron chi connectivity index (χ2n) is 16.6. The number of benzene rings is 2. The lowest BCUT2D eigenvalue weighted by Gasteiger charge is -2.35. The zero-order valence-corrected chi connectivity index (χ0v) is 39.9. The van der Waals surface area contributed by atoms with Crippen molar-refractivity contribution in [3.63, 3.8) is 0 Å². The molecule has 24 nitrogen and oxygen atoms in total. The van der Waals surface area contributed by atoms with E-state index in [1.54, 1.807) is 41.5 Å². The number of alkyl carbamates (subject to hydrolysis) is 2. The van der Waals surface area contributed by atoms with Gasteiger partial charge in [-0.3, -0.25) is 28.3 Å². The lowest BCUT2D eigenvalue weighted by Crippen LogP contribution is -2.46. The SMILES string of the molecule is CCC(=O)OCOC(=O)N[C@@H](CC(=O)Nc1ccc(CC(Cc2ccc(NC(=O)C[C@H](NC(=O)OCOC(=O)CC)C(=O)OC(C)(C)C)cc2)(P(=O)(O)O)P(=O)(O)O)cc1)C(=O)OC(C)(C)C. The molecule has 4 amide bonds. The summed E-state index contributed by atoms with van der Waals surface area (Å²) in [4.78, 5) is 138. The summed E-state index contributed by atoms with van der Waals surface area (Å²) in [5, 5.41) is 9.31. The normalized spacial score (nSPS) is 12.8. The summed E-state index contributed by atoms with van der Waals surface area (Å²) in [5.74, 6) is -4.97. The van der Waals surface area contributed by atoms with Crippen LogP contribution < -0.4 is 21.3 Å². The molecule has 0 saturated carbocycles. The van der Waals surface area contributed by atoms with Gasteiger partial charge in [0.15, 0.2) is 4.90 Å². The summed E-state index contributed by atoms with van der Waals surface area (Å²) in [6.45, 7) is 10.8. The van der Waals surface area contributed by atoms with Gasteiger partial charge in [0.2, 0.25) is 25.4 Å². The zero-order chi connectivity index (χ0) is 51.0. The van der Waals surface area contributed by atoms with Crippen molar-refractivity contribution in [1.82, 2.24) is 10.6 Å². The summed E-state index contributed by atoms with van der Waals surface area (Å²) in [6, 6.07) is 6.87. The standard InChI is InChI=1S/C41H58N4O20P2/c1-9-33(48)60-23-62-37(52)44-29(35(50)64-39(3,4)5)19-31(46)42-27-15-11-25(12-16-27)21-41(66(54,55)56,67(57,58)59)22-26-13-17-28(18-14-26)43-32(47)20-30(36(51)65-40(6,7)8)45-38(53)63-24-61-34(49)10-2/h11-18,29-30H,9-10,19-24H2,1-8H3,(H,42,46)(H,43,47)(H,44,52)(H,45,53)(H2,54,55,56)(H2,57,58,59)/t29-,30-/m0/s1. The first-order chi connectivity index (χ1) is 30.9. The van der Waals surface area contributed by atoms with E-state index in [0.717, 1.165) is 0 Å². The van der Waals surface area contributed by atoms with Crippen LogP contribution in [0.4, 0.5) is 21.0 Å². The van der Waals surface area contributed by atoms with Crippen molar-refractivity contribution in [2.45, 2.75) is 122 Å². The number of nitrogens with one attached hydrogen (secondary N) is 4. The molecule has 0 saturated heterocycles. The molecule has 8 N–H and O–H groups in total. The van der Waals surface area contributed by atoms with Gasteiger partial charge in [0.1, 0.15) is 23.3 Å². The molecule has 2 atom stereocenters. The molecule has 0 aliphatic rings. The van der Waals surface area contributed by atoms with Crippen LogP contribution in [0.3, 0.4) is 0 Å². The van der Waals surface area contributed by atoms with Crippen molar-refractivity contribution in [2.24, 2.45) is 0 Å². The molecule has 0 aliphatic heterocycles. The minimum atomic E-state index is -5.69. The number of esters is 4. The fourth-order valence-corrected chi connectivity index (χ4v) is 8.42. The van der Waals surface area contributed by atoms with Gasteiger partial charge in [-0.25, -0.2) is 19.2 Å². The van der Waals surface area contributed by atoms with Gasteiger partial charge in [-0.1, -0.05) is 38.1 Å². The maximum atomic E-state index is 13.1. The highest BCUT2D eigenvalue weighted by atomic mass is 31.2. The highest BCUT2D eigenvalue weighted by molar-refractivity contribution is 7.72. The average molecular weight is 989 g/mol. The van der Waals surface area contributed by atoms with Gasteiger partial charge in [-0.15, -0.1) is 0 Å². The first-order valence-corrected chi connectivity index (χ1v) is 23.6. The fraction of sp³-hybridized carbons (Fsp3) is 0.512. The van der Waals surface area contributed by atoms with Gasteiger partial charge < -0.3 is 69.3 Å². The molecule has 0 spiro atoms. The molecule has 0 aromatic heterocycles. The van der Waals surface area contributed by atoms with Crippen LogP contribution in [0.1, 0.15) is 92.2 Å². The number of amides is 4. The lowest BCUT2D eigenvalue weighted by atomic mass is 10.0. The Hall–Kier alpha value is -5.90. The Morgan fingerprint density at radius 1 is 0.537 bits per heavy atom. The molecule has 2 aromatic rings. The topological polar surface area (TPSA) is 355 Å². The van der Waals surface area contributed by atoms with Crippen molar-refractivity contribution in [2.75, 3.05) is 24.2 Å². The minimum absolute atomic E-state index is 0.0107. The Labute approximate surface area is 385 Å². The van der Waals surface area contributed by atoms with E-state index >= 15 is 0 Å². The second-order valence-corrected chi connectivity index (χ2v) is 20.9. The average Bonchev–Trinajstić information content (AvgIpc) is 3.19. The summed E-state index contributed by atoms with van der Waals surface area (Å²) < 4.78 is 55.5. The molecular formula is C41H58N4O20P2. The molecule has 2 rings (SSSR count). The van der Waals surface area contributed by atoms with E-state index in [1.807, 2.05) is 0 Å². The molecule has 0 fully saturated rings. The zero-order valence-electron chi connectivity index (χ0n) is 38.1. The Bertz CT molecular complexity index is 2020. The van der Waals surface area contributed by atoms with Crippen LogP contribution in [0.5, 0.6) is 0 Å². The summed E-state index contributed by atoms with van der Waals surface area (Å²) in [7, 11) is -11.4. The largest absolute Gasteiger partial charge is 0.458 e. The van der Waals surface area contributed by atoms with E-state index in [4.69, 9.17) is 18.9 Å². The molecule has 0 heterocycles. The Balaban J connectivity index is 2.25. The molecule has 372 valence electrons. The minimum Gasteiger partial charge on any atom is -0.458 e. The van der Waals surface area contributed by atoms with E-state index in [2.05, 4.69) is 30.7 Å². The highest BCUT2D eigenvalue weighted by Gasteiger charge is 2.59. The number of carbonyl (C=O) groups excluding carboxylic acids is 8. The van der Waals surface area contributed by atoms with Gasteiger partial charge in [0, 0.05) is 37.1 Å². The van der Waals surface area contributed by atoms with Crippen LogP contribution in [-0.2, 0) is 79.2 Å². The van der Waals surface area contributed by atoms with Gasteiger partial charge in [0.05, 0.1) is 12.8 Å². The molecule has 26 heteroatoms. The molecule has 2 aromatic carbocycles. The van der Waals surface area contributed by atoms with E-state index < -0.39 is 131 Å². The summed E-state index contributed by atoms with van der Waals surface area (Å²) >= 11 is 0. The smallest absolute Gasteiger partial charge is 0.410 e. The number of ether oxygens (including phenoxy) is 6. The molecule has 0 radical (unpaired) electrons. The fourth-order valence-electron chi connectivity index (χ4n) is 5.51.